The molecule has 0 aliphatic carbocycles. The molecule has 0 fully saturated rings. The molecule has 0 aliphatic heterocycles. The molecule has 0 unspecified atom stereocenters. The molecule has 152 valence electrons. The lowest BCUT2D eigenvalue weighted by Gasteiger charge is -2.13. The summed E-state index contributed by atoms with van der Waals surface area (Å²) in [5.74, 6) is -0.00605. The molecule has 0 saturated heterocycles. The van der Waals surface area contributed by atoms with Gasteiger partial charge in [0.05, 0.1) is 12.2 Å². The van der Waals surface area contributed by atoms with Crippen molar-refractivity contribution in [2.24, 2.45) is 5.73 Å². The Balaban J connectivity index is 0.00000196. The summed E-state index contributed by atoms with van der Waals surface area (Å²) in [5, 5.41) is 10.8. The van der Waals surface area contributed by atoms with E-state index in [1.165, 1.54) is 0 Å². The summed E-state index contributed by atoms with van der Waals surface area (Å²) < 4.78 is 0. The zero-order chi connectivity index (χ0) is 18.2. The Kier molecular flexibility index (Phi) is 10.9. The van der Waals surface area contributed by atoms with Gasteiger partial charge in [0.2, 0.25) is 5.91 Å². The van der Waals surface area contributed by atoms with Crippen molar-refractivity contribution >= 4 is 58.0 Å². The first kappa shape index (κ1) is 24.2. The minimum absolute atomic E-state index is 0. The summed E-state index contributed by atoms with van der Waals surface area (Å²) in [7, 11) is 0. The van der Waals surface area contributed by atoms with E-state index in [4.69, 9.17) is 5.73 Å². The first-order valence-corrected chi connectivity index (χ1v) is 9.41. The highest BCUT2D eigenvalue weighted by atomic mass is 35.5. The molecule has 3 aromatic rings. The van der Waals surface area contributed by atoms with Crippen LogP contribution >= 0.6 is 24.8 Å². The first-order valence-electron chi connectivity index (χ1n) is 9.41. The number of nitrogens with one attached hydrogen (secondary N) is 2. The number of anilines is 1. The molecule has 6 heteroatoms. The van der Waals surface area contributed by atoms with E-state index in [-0.39, 0.29) is 30.7 Å². The van der Waals surface area contributed by atoms with E-state index >= 15 is 0 Å². The molecule has 0 saturated carbocycles. The standard InChI is InChI=1S/C22H27N3O.2ClH/c23-13-7-1-2-8-14-24-16-21(26)25-22-19-11-5-3-9-17(19)15-18-10-4-6-12-20(18)22;;/h3-6,9-12,15,24H,1-2,7-8,13-14,16,23H2,(H,25,26);2*1H. The smallest absolute Gasteiger partial charge is 0.238 e. The number of carbonyl (C=O) groups is 1. The van der Waals surface area contributed by atoms with E-state index in [1.54, 1.807) is 0 Å². The number of amides is 1. The molecule has 0 bridgehead atoms. The third-order valence-corrected chi connectivity index (χ3v) is 4.63. The zero-order valence-corrected chi connectivity index (χ0v) is 17.6. The molecule has 0 radical (unpaired) electrons. The quantitative estimate of drug-likeness (QED) is 0.340. The monoisotopic (exact) mass is 421 g/mol. The van der Waals surface area contributed by atoms with Crippen LogP contribution in [-0.4, -0.2) is 25.5 Å². The van der Waals surface area contributed by atoms with Gasteiger partial charge in [-0.1, -0.05) is 61.4 Å². The minimum Gasteiger partial charge on any atom is -0.330 e. The zero-order valence-electron chi connectivity index (χ0n) is 15.9. The van der Waals surface area contributed by atoms with Crippen LogP contribution in [0, 0.1) is 0 Å². The molecular weight excluding hydrogens is 393 g/mol. The van der Waals surface area contributed by atoms with Gasteiger partial charge in [0.1, 0.15) is 0 Å². The van der Waals surface area contributed by atoms with Crippen LogP contribution in [0.1, 0.15) is 25.7 Å². The molecule has 28 heavy (non-hydrogen) atoms. The Hall–Kier alpha value is -1.85. The summed E-state index contributed by atoms with van der Waals surface area (Å²) in [6.45, 7) is 1.94. The van der Waals surface area contributed by atoms with Crippen molar-refractivity contribution in [1.29, 1.82) is 0 Å². The lowest BCUT2D eigenvalue weighted by atomic mass is 10.0. The van der Waals surface area contributed by atoms with Gasteiger partial charge < -0.3 is 16.4 Å². The average Bonchev–Trinajstić information content (AvgIpc) is 2.67. The summed E-state index contributed by atoms with van der Waals surface area (Å²) in [5.41, 5.74) is 6.39. The lowest BCUT2D eigenvalue weighted by Crippen LogP contribution is -2.28. The van der Waals surface area contributed by atoms with Crippen molar-refractivity contribution in [1.82, 2.24) is 5.32 Å². The second kappa shape index (κ2) is 12.6. The third-order valence-electron chi connectivity index (χ3n) is 4.63. The number of halogens is 2. The normalized spacial score (nSPS) is 10.3. The summed E-state index contributed by atoms with van der Waals surface area (Å²) in [6, 6.07) is 18.5. The van der Waals surface area contributed by atoms with Crippen LogP contribution in [0.2, 0.25) is 0 Å². The van der Waals surface area contributed by atoms with E-state index in [9.17, 15) is 4.79 Å². The minimum atomic E-state index is -0.00605. The van der Waals surface area contributed by atoms with Crippen LogP contribution < -0.4 is 16.4 Å². The van der Waals surface area contributed by atoms with Crippen LogP contribution in [0.3, 0.4) is 0 Å². The molecule has 0 spiro atoms. The Labute approximate surface area is 179 Å². The molecule has 0 heterocycles. The second-order valence-corrected chi connectivity index (χ2v) is 6.62. The fourth-order valence-electron chi connectivity index (χ4n) is 3.28. The number of fused-ring (bicyclic) bond motifs is 2. The SMILES string of the molecule is Cl.Cl.NCCCCCCNCC(=O)Nc1c2ccccc2cc2ccccc12. The predicted octanol–water partition coefficient (Wildman–Crippen LogP) is 4.88. The van der Waals surface area contributed by atoms with Crippen molar-refractivity contribution in [3.05, 3.63) is 54.6 Å². The molecule has 0 atom stereocenters. The highest BCUT2D eigenvalue weighted by Gasteiger charge is 2.10. The molecule has 0 aromatic heterocycles. The molecule has 3 aromatic carbocycles. The maximum Gasteiger partial charge on any atom is 0.238 e. The third kappa shape index (κ3) is 6.35. The first-order chi connectivity index (χ1) is 12.8. The predicted molar refractivity (Wildman–Crippen MR) is 125 cm³/mol. The average molecular weight is 422 g/mol. The molecule has 4 nitrogen and oxygen atoms in total. The Morgan fingerprint density at radius 3 is 2.00 bits per heavy atom. The van der Waals surface area contributed by atoms with Crippen LogP contribution in [0.25, 0.3) is 21.5 Å². The highest BCUT2D eigenvalue weighted by Crippen LogP contribution is 2.32. The summed E-state index contributed by atoms with van der Waals surface area (Å²) in [4.78, 5) is 12.4. The molecule has 0 aliphatic rings. The largest absolute Gasteiger partial charge is 0.330 e. The van der Waals surface area contributed by atoms with Crippen LogP contribution in [-0.2, 0) is 4.79 Å². The fraction of sp³-hybridized carbons (Fsp3) is 0.318. The Morgan fingerprint density at radius 1 is 0.821 bits per heavy atom. The Morgan fingerprint density at radius 2 is 1.39 bits per heavy atom. The van der Waals surface area contributed by atoms with Gasteiger partial charge in [-0.05, 0) is 42.8 Å². The van der Waals surface area contributed by atoms with E-state index in [1.807, 2.05) is 24.3 Å². The van der Waals surface area contributed by atoms with E-state index in [2.05, 4.69) is 41.0 Å². The van der Waals surface area contributed by atoms with Crippen molar-refractivity contribution in [2.45, 2.75) is 25.7 Å². The lowest BCUT2D eigenvalue weighted by molar-refractivity contribution is -0.115. The number of hydrogen-bond acceptors (Lipinski definition) is 3. The number of hydrogen-bond donors (Lipinski definition) is 3. The Bertz CT molecular complexity index is 832. The highest BCUT2D eigenvalue weighted by molar-refractivity contribution is 6.15. The van der Waals surface area contributed by atoms with E-state index < -0.39 is 0 Å². The molecule has 1 amide bonds. The van der Waals surface area contributed by atoms with Crippen LogP contribution in [0.5, 0.6) is 0 Å². The maximum absolute atomic E-state index is 12.4. The number of nitrogens with two attached hydrogens (primary N) is 1. The number of unbranched alkanes of at least 4 members (excludes halogenated alkanes) is 3. The number of rotatable bonds is 9. The van der Waals surface area contributed by atoms with Crippen molar-refractivity contribution < 1.29 is 4.79 Å². The van der Waals surface area contributed by atoms with Crippen molar-refractivity contribution in [3.63, 3.8) is 0 Å². The summed E-state index contributed by atoms with van der Waals surface area (Å²) in [6.07, 6.45) is 4.46. The van der Waals surface area contributed by atoms with Crippen molar-refractivity contribution in [3.8, 4) is 0 Å². The fourth-order valence-corrected chi connectivity index (χ4v) is 3.28. The van der Waals surface area contributed by atoms with E-state index in [0.29, 0.717) is 6.54 Å². The van der Waals surface area contributed by atoms with E-state index in [0.717, 1.165) is 66.0 Å². The van der Waals surface area contributed by atoms with Crippen molar-refractivity contribution in [2.75, 3.05) is 25.0 Å². The van der Waals surface area contributed by atoms with Crippen LogP contribution in [0.15, 0.2) is 54.6 Å². The van der Waals surface area contributed by atoms with Gasteiger partial charge >= 0.3 is 0 Å². The van der Waals surface area contributed by atoms with Gasteiger partial charge in [0.15, 0.2) is 0 Å². The van der Waals surface area contributed by atoms with Gasteiger partial charge in [-0.3, -0.25) is 4.79 Å². The number of carbonyl (C=O) groups excluding carboxylic acids is 1. The van der Waals surface area contributed by atoms with Gasteiger partial charge in [0.25, 0.3) is 0 Å². The number of benzene rings is 3. The molecule has 4 N–H and O–H groups in total. The topological polar surface area (TPSA) is 67.1 Å². The molecule has 3 rings (SSSR count). The van der Waals surface area contributed by atoms with Crippen LogP contribution in [0.4, 0.5) is 5.69 Å². The summed E-state index contributed by atoms with van der Waals surface area (Å²) >= 11 is 0. The van der Waals surface area contributed by atoms with Gasteiger partial charge in [-0.2, -0.15) is 0 Å². The second-order valence-electron chi connectivity index (χ2n) is 6.62. The van der Waals surface area contributed by atoms with Gasteiger partial charge in [-0.25, -0.2) is 0 Å². The molecular formula is C22H29Cl2N3O. The maximum atomic E-state index is 12.4. The van der Waals surface area contributed by atoms with Gasteiger partial charge in [-0.15, -0.1) is 24.8 Å². The van der Waals surface area contributed by atoms with Gasteiger partial charge in [0, 0.05) is 10.8 Å².